The second kappa shape index (κ2) is 4.19. The molecule has 0 amide bonds. The summed E-state index contributed by atoms with van der Waals surface area (Å²) in [5.41, 5.74) is 0. The lowest BCUT2D eigenvalue weighted by atomic mass is 10.0. The van der Waals surface area contributed by atoms with Crippen LogP contribution in [0.3, 0.4) is 0 Å². The van der Waals surface area contributed by atoms with Crippen LogP contribution in [-0.4, -0.2) is 23.3 Å². The first-order valence-electron chi connectivity index (χ1n) is 6.11. The summed E-state index contributed by atoms with van der Waals surface area (Å²) in [5.74, 6) is 1.91. The summed E-state index contributed by atoms with van der Waals surface area (Å²) in [4.78, 5) is 0. The van der Waals surface area contributed by atoms with E-state index in [1.54, 1.807) is 0 Å². The molecule has 0 aromatic carbocycles. The fourth-order valence-corrected chi connectivity index (χ4v) is 2.48. The largest absolute Gasteiger partial charge is 0.393 e. The second-order valence-electron chi connectivity index (χ2n) is 5.35. The zero-order valence-corrected chi connectivity index (χ0v) is 9.37. The molecule has 0 bridgehead atoms. The highest BCUT2D eigenvalue weighted by atomic mass is 16.3. The molecular formula is C12H23NO. The van der Waals surface area contributed by atoms with Crippen molar-refractivity contribution in [3.8, 4) is 0 Å². The van der Waals surface area contributed by atoms with E-state index in [2.05, 4.69) is 12.2 Å². The van der Waals surface area contributed by atoms with Gasteiger partial charge in [0.05, 0.1) is 6.10 Å². The van der Waals surface area contributed by atoms with Crippen molar-refractivity contribution >= 4 is 0 Å². The van der Waals surface area contributed by atoms with E-state index < -0.39 is 0 Å². The van der Waals surface area contributed by atoms with E-state index in [4.69, 9.17) is 0 Å². The van der Waals surface area contributed by atoms with Gasteiger partial charge in [-0.15, -0.1) is 0 Å². The Kier molecular flexibility index (Phi) is 3.13. The third-order valence-electron chi connectivity index (χ3n) is 3.43. The molecule has 2 saturated carbocycles. The fourth-order valence-electron chi connectivity index (χ4n) is 2.48. The van der Waals surface area contributed by atoms with Crippen LogP contribution in [0.25, 0.3) is 0 Å². The molecule has 2 rings (SSSR count). The topological polar surface area (TPSA) is 32.3 Å². The molecule has 14 heavy (non-hydrogen) atoms. The summed E-state index contributed by atoms with van der Waals surface area (Å²) in [6, 6.07) is 1.24. The maximum Gasteiger partial charge on any atom is 0.0526 e. The maximum atomic E-state index is 9.30. The molecule has 82 valence electrons. The van der Waals surface area contributed by atoms with E-state index in [1.165, 1.54) is 25.7 Å². The average Bonchev–Trinajstić information content (AvgIpc) is 2.94. The molecule has 0 aromatic rings. The van der Waals surface area contributed by atoms with Gasteiger partial charge in [-0.2, -0.15) is 0 Å². The molecule has 0 aliphatic heterocycles. The zero-order valence-electron chi connectivity index (χ0n) is 9.37. The highest BCUT2D eigenvalue weighted by molar-refractivity contribution is 4.97. The fraction of sp³-hybridized carbons (Fsp3) is 1.00. The van der Waals surface area contributed by atoms with Crippen molar-refractivity contribution in [2.24, 2.45) is 11.8 Å². The molecule has 2 heteroatoms. The normalized spacial score (nSPS) is 26.6. The first-order chi connectivity index (χ1) is 6.66. The second-order valence-corrected chi connectivity index (χ2v) is 5.35. The minimum absolute atomic E-state index is 0.170. The van der Waals surface area contributed by atoms with Crippen LogP contribution in [0.15, 0.2) is 0 Å². The summed E-state index contributed by atoms with van der Waals surface area (Å²) < 4.78 is 0. The van der Waals surface area contributed by atoms with Gasteiger partial charge in [0.25, 0.3) is 0 Å². The summed E-state index contributed by atoms with van der Waals surface area (Å²) in [7, 11) is 0. The summed E-state index contributed by atoms with van der Waals surface area (Å²) in [5, 5.41) is 13.0. The monoisotopic (exact) mass is 197 g/mol. The van der Waals surface area contributed by atoms with Crippen LogP contribution in [0.5, 0.6) is 0 Å². The third kappa shape index (κ3) is 2.96. The Labute approximate surface area is 87.1 Å². The lowest BCUT2D eigenvalue weighted by Gasteiger charge is -2.24. The predicted octanol–water partition coefficient (Wildman–Crippen LogP) is 1.92. The van der Waals surface area contributed by atoms with Crippen LogP contribution < -0.4 is 5.32 Å². The van der Waals surface area contributed by atoms with Crippen LogP contribution in [0.4, 0.5) is 0 Å². The quantitative estimate of drug-likeness (QED) is 0.682. The van der Waals surface area contributed by atoms with Gasteiger partial charge in [-0.3, -0.25) is 0 Å². The highest BCUT2D eigenvalue weighted by Crippen LogP contribution is 2.44. The molecule has 2 aliphatic rings. The first-order valence-corrected chi connectivity index (χ1v) is 6.11. The predicted molar refractivity (Wildman–Crippen MR) is 58.1 cm³/mol. The number of aliphatic hydroxyl groups is 1. The van der Waals surface area contributed by atoms with Crippen LogP contribution in [0, 0.1) is 11.8 Å². The highest BCUT2D eigenvalue weighted by Gasteiger charge is 2.41. The minimum Gasteiger partial charge on any atom is -0.393 e. The number of nitrogens with one attached hydrogen (secondary N) is 1. The molecule has 2 aliphatic carbocycles. The zero-order chi connectivity index (χ0) is 10.1. The van der Waals surface area contributed by atoms with Gasteiger partial charge < -0.3 is 10.4 Å². The van der Waals surface area contributed by atoms with Crippen LogP contribution in [0.1, 0.15) is 46.0 Å². The van der Waals surface area contributed by atoms with Gasteiger partial charge in [-0.05, 0) is 57.8 Å². The van der Waals surface area contributed by atoms with Crippen molar-refractivity contribution < 1.29 is 5.11 Å². The van der Waals surface area contributed by atoms with E-state index in [0.717, 1.165) is 24.3 Å². The Bertz CT molecular complexity index is 173. The molecule has 0 radical (unpaired) electrons. The van der Waals surface area contributed by atoms with E-state index in [1.807, 2.05) is 6.92 Å². The van der Waals surface area contributed by atoms with Gasteiger partial charge in [-0.1, -0.05) is 0 Å². The van der Waals surface area contributed by atoms with Gasteiger partial charge in [0.2, 0.25) is 0 Å². The van der Waals surface area contributed by atoms with Crippen LogP contribution >= 0.6 is 0 Å². The molecule has 2 N–H and O–H groups in total. The van der Waals surface area contributed by atoms with Gasteiger partial charge in [0.1, 0.15) is 0 Å². The van der Waals surface area contributed by atoms with E-state index in [-0.39, 0.29) is 6.10 Å². The smallest absolute Gasteiger partial charge is 0.0526 e. The molecule has 0 aromatic heterocycles. The molecule has 0 saturated heterocycles. The van der Waals surface area contributed by atoms with E-state index in [0.29, 0.717) is 6.04 Å². The Balaban J connectivity index is 1.75. The van der Waals surface area contributed by atoms with Gasteiger partial charge in [0.15, 0.2) is 0 Å². The number of aliphatic hydroxyl groups excluding tert-OH is 1. The van der Waals surface area contributed by atoms with Crippen LogP contribution in [-0.2, 0) is 0 Å². The lowest BCUT2D eigenvalue weighted by Crippen LogP contribution is -2.40. The molecule has 2 nitrogen and oxygen atoms in total. The first kappa shape index (κ1) is 10.4. The van der Waals surface area contributed by atoms with Crippen LogP contribution in [0.2, 0.25) is 0 Å². The van der Waals surface area contributed by atoms with Crippen molar-refractivity contribution in [2.75, 3.05) is 0 Å². The lowest BCUT2D eigenvalue weighted by molar-refractivity contribution is 0.165. The van der Waals surface area contributed by atoms with Crippen molar-refractivity contribution in [1.29, 1.82) is 0 Å². The SMILES string of the molecule is CC(O)CC(C)NC(C1CC1)C1CC1. The number of hydrogen-bond acceptors (Lipinski definition) is 2. The van der Waals surface area contributed by atoms with E-state index in [9.17, 15) is 5.11 Å². The molecule has 0 heterocycles. The summed E-state index contributed by atoms with van der Waals surface area (Å²) in [6.07, 6.45) is 6.42. The van der Waals surface area contributed by atoms with Crippen molar-refractivity contribution in [3.05, 3.63) is 0 Å². The Morgan fingerprint density at radius 2 is 1.64 bits per heavy atom. The Morgan fingerprint density at radius 1 is 1.14 bits per heavy atom. The van der Waals surface area contributed by atoms with Gasteiger partial charge in [-0.25, -0.2) is 0 Å². The molecule has 2 unspecified atom stereocenters. The number of rotatable bonds is 6. The minimum atomic E-state index is -0.170. The molecule has 2 fully saturated rings. The third-order valence-corrected chi connectivity index (χ3v) is 3.43. The Morgan fingerprint density at radius 3 is 2.00 bits per heavy atom. The van der Waals surface area contributed by atoms with Crippen molar-refractivity contribution in [2.45, 2.75) is 64.1 Å². The van der Waals surface area contributed by atoms with Gasteiger partial charge in [0, 0.05) is 12.1 Å². The standard InChI is InChI=1S/C12H23NO/c1-8(7-9(2)14)13-12(10-3-4-10)11-5-6-11/h8-14H,3-7H2,1-2H3. The van der Waals surface area contributed by atoms with Gasteiger partial charge >= 0.3 is 0 Å². The summed E-state index contributed by atoms with van der Waals surface area (Å²) in [6.45, 7) is 4.08. The van der Waals surface area contributed by atoms with Crippen molar-refractivity contribution in [1.82, 2.24) is 5.32 Å². The number of hydrogen-bond donors (Lipinski definition) is 2. The Hall–Kier alpha value is -0.0800. The molecule has 2 atom stereocenters. The molecular weight excluding hydrogens is 174 g/mol. The van der Waals surface area contributed by atoms with E-state index >= 15 is 0 Å². The average molecular weight is 197 g/mol. The summed E-state index contributed by atoms with van der Waals surface area (Å²) >= 11 is 0. The van der Waals surface area contributed by atoms with Crippen molar-refractivity contribution in [3.63, 3.8) is 0 Å². The maximum absolute atomic E-state index is 9.30. The molecule has 0 spiro atoms.